The van der Waals surface area contributed by atoms with Crippen molar-refractivity contribution in [3.63, 3.8) is 0 Å². The number of amides is 8. The van der Waals surface area contributed by atoms with Gasteiger partial charge in [-0.25, -0.2) is 19.2 Å². The lowest BCUT2D eigenvalue weighted by atomic mass is 9.98. The van der Waals surface area contributed by atoms with Gasteiger partial charge < -0.3 is 76.5 Å². The molecule has 25 heteroatoms. The van der Waals surface area contributed by atoms with Crippen LogP contribution in [0.2, 0.25) is 0 Å². The molecule has 10 N–H and O–H groups in total. The van der Waals surface area contributed by atoms with E-state index in [1.807, 2.05) is 53.4 Å². The molecule has 88 heavy (non-hydrogen) atoms. The van der Waals surface area contributed by atoms with Crippen molar-refractivity contribution in [3.8, 4) is 37.0 Å². The van der Waals surface area contributed by atoms with Crippen LogP contribution < -0.4 is 37.2 Å². The Hall–Kier alpha value is -7.14. The molecule has 8 amide bonds. The molecule has 2 unspecified atom stereocenters. The number of aliphatic carboxylic acids is 1. The van der Waals surface area contributed by atoms with Gasteiger partial charge in [0.25, 0.3) is 11.8 Å². The van der Waals surface area contributed by atoms with Gasteiger partial charge in [0.15, 0.2) is 5.78 Å². The summed E-state index contributed by atoms with van der Waals surface area (Å²) in [7, 11) is 0. The van der Waals surface area contributed by atoms with Crippen molar-refractivity contribution >= 4 is 59.6 Å². The third-order valence-electron chi connectivity index (χ3n) is 12.4. The second kappa shape index (κ2) is 42.7. The van der Waals surface area contributed by atoms with Crippen molar-refractivity contribution in [2.45, 2.75) is 212 Å². The zero-order valence-corrected chi connectivity index (χ0v) is 52.7. The highest BCUT2D eigenvalue weighted by Gasteiger charge is 2.35. The van der Waals surface area contributed by atoms with Crippen LogP contribution in [-0.4, -0.2) is 191 Å². The number of terminal acetylenes is 3. The molecular weight excluding hydrogens is 1140 g/mol. The van der Waals surface area contributed by atoms with E-state index < -0.39 is 89.1 Å². The number of carboxylic acids is 1. The average molecular weight is 1250 g/mol. The Morgan fingerprint density at radius 2 is 0.898 bits per heavy atom. The van der Waals surface area contributed by atoms with Crippen LogP contribution in [0.15, 0.2) is 0 Å². The first-order valence-corrected chi connectivity index (χ1v) is 28.8. The van der Waals surface area contributed by atoms with E-state index in [1.54, 1.807) is 62.3 Å². The van der Waals surface area contributed by atoms with Crippen LogP contribution in [0.4, 0.5) is 14.4 Å². The molecule has 504 valence electrons. The highest BCUT2D eigenvalue weighted by atomic mass is 16.6. The van der Waals surface area contributed by atoms with Gasteiger partial charge >= 0.3 is 24.2 Å². The molecule has 0 aliphatic carbocycles. The molecule has 0 saturated carbocycles. The number of rotatable bonds is 24. The largest absolute Gasteiger partial charge is 0.472 e. The lowest BCUT2D eigenvalue weighted by Crippen LogP contribution is -2.51. The SMILES string of the molecule is C.C.C.C#CC(=O)N(CC(=O)[C@H](CC(C)C)NC(=O)OC(C)(C)C)C[C@@H]1CCNC1=O.C#CC(=O)N(CC(O)[C@H](CC(C)C)NC(=O)OC(C)(C)C)C[C@@H]1CCNC1=O.C#CC(=O)O.CC(C)C[C@H](NC(=O)OC(C)(C)C)C(O)CNC[C@@H]1CCNC1=O. The van der Waals surface area contributed by atoms with Crippen molar-refractivity contribution in [2.75, 3.05) is 58.9 Å². The van der Waals surface area contributed by atoms with Gasteiger partial charge in [0.05, 0.1) is 54.6 Å². The molecule has 3 heterocycles. The summed E-state index contributed by atoms with van der Waals surface area (Å²) in [6.07, 6.45) is 14.6. The van der Waals surface area contributed by atoms with Crippen LogP contribution in [0, 0.1) is 72.5 Å². The zero-order chi connectivity index (χ0) is 65.6. The Kier molecular flexibility index (Phi) is 42.3. The number of nitrogens with one attached hydrogen (secondary N) is 7. The first kappa shape index (κ1) is 87.3. The number of aliphatic hydroxyl groups is 2. The molecular formula is C63H111N9O16. The van der Waals surface area contributed by atoms with E-state index in [0.717, 1.165) is 6.42 Å². The van der Waals surface area contributed by atoms with Crippen LogP contribution in [0.3, 0.4) is 0 Å². The molecule has 3 saturated heterocycles. The number of alkyl carbamates (subject to hydrolysis) is 3. The third-order valence-corrected chi connectivity index (χ3v) is 12.4. The molecule has 0 spiro atoms. The highest BCUT2D eigenvalue weighted by Crippen LogP contribution is 2.18. The molecule has 25 nitrogen and oxygen atoms in total. The number of Topliss-reactive ketones (excluding diaryl/α,β-unsaturated/α-hetero) is 1. The fraction of sp³-hybridized carbons (Fsp3) is 0.746. The lowest BCUT2D eigenvalue weighted by molar-refractivity contribution is -0.133. The van der Waals surface area contributed by atoms with Crippen LogP contribution in [0.5, 0.6) is 0 Å². The summed E-state index contributed by atoms with van der Waals surface area (Å²) < 4.78 is 15.8. The molecule has 0 aromatic heterocycles. The van der Waals surface area contributed by atoms with E-state index in [4.69, 9.17) is 37.0 Å². The summed E-state index contributed by atoms with van der Waals surface area (Å²) in [4.78, 5) is 120. The van der Waals surface area contributed by atoms with Crippen LogP contribution in [-0.2, 0) is 47.8 Å². The Morgan fingerprint density at radius 1 is 0.557 bits per heavy atom. The van der Waals surface area contributed by atoms with Gasteiger partial charge in [-0.15, -0.1) is 19.3 Å². The minimum atomic E-state index is -1.22. The fourth-order valence-corrected chi connectivity index (χ4v) is 8.60. The summed E-state index contributed by atoms with van der Waals surface area (Å²) in [6.45, 7) is 30.2. The fourth-order valence-electron chi connectivity index (χ4n) is 8.60. The third kappa shape index (κ3) is 39.6. The number of carboxylic acid groups (broad SMARTS) is 1. The standard InChI is InChI=1S/C20H33N3O5.C20H31N3O5.C17H33N3O4.C3H2O2.3CH4/c2*1-7-17(25)23(11-14-8-9-21-18(14)26)12-16(24)15(10-13(2)3)22-19(27)28-20(4,5)6;1-11(2)8-13(20-16(23)24-17(3,4)5)14(21)10-18-9-12-6-7-19-15(12)22;1-2-3(4)5;;;/h1,13-16,24H,8-12H2,2-6H3,(H,21,26)(H,22,27);1,13-15H,8-12H2,2-6H3,(H,21,26)(H,22,27);11-14,18,21H,6-10H2,1-5H3,(H,19,22)(H,20,23);1H,(H,4,5);3*1H4/t14-,15-,16?;14-,15-;12-,13-,14?;;;;/m000..../s1. The minimum absolute atomic E-state index is 0. The molecule has 0 aromatic carbocycles. The van der Waals surface area contributed by atoms with Gasteiger partial charge in [0.2, 0.25) is 17.7 Å². The normalized spacial score (nSPS) is 17.5. The Labute approximate surface area is 525 Å². The van der Waals surface area contributed by atoms with Crippen molar-refractivity contribution < 1.29 is 77.5 Å². The smallest absolute Gasteiger partial charge is 0.408 e. The summed E-state index contributed by atoms with van der Waals surface area (Å²) in [5.41, 5.74) is -1.94. The number of ketones is 1. The average Bonchev–Trinajstić information content (AvgIpc) is 3.21. The maximum absolute atomic E-state index is 12.8. The highest BCUT2D eigenvalue weighted by molar-refractivity contribution is 5.98. The van der Waals surface area contributed by atoms with Crippen molar-refractivity contribution in [1.29, 1.82) is 0 Å². The van der Waals surface area contributed by atoms with Crippen molar-refractivity contribution in [1.82, 2.24) is 47.0 Å². The number of nitrogens with zero attached hydrogens (tertiary/aromatic N) is 2. The number of hydrogen-bond acceptors (Lipinski definition) is 16. The number of carbonyl (C=O) groups is 10. The Bertz CT molecular complexity index is 2340. The van der Waals surface area contributed by atoms with Gasteiger partial charge in [0.1, 0.15) is 16.8 Å². The topological polar surface area (TPSA) is 350 Å². The summed E-state index contributed by atoms with van der Waals surface area (Å²) in [5, 5.41) is 48.0. The predicted octanol–water partition coefficient (Wildman–Crippen LogP) is 4.60. The van der Waals surface area contributed by atoms with E-state index >= 15 is 0 Å². The summed E-state index contributed by atoms with van der Waals surface area (Å²) >= 11 is 0. The molecule has 3 aliphatic rings. The van der Waals surface area contributed by atoms with Crippen LogP contribution in [0.1, 0.15) is 165 Å². The molecule has 0 bridgehead atoms. The Balaban J connectivity index is -0.000000570. The lowest BCUT2D eigenvalue weighted by Gasteiger charge is -2.31. The molecule has 3 rings (SSSR count). The van der Waals surface area contributed by atoms with E-state index in [1.165, 1.54) is 15.7 Å². The van der Waals surface area contributed by atoms with E-state index in [-0.39, 0.29) is 95.6 Å². The van der Waals surface area contributed by atoms with Gasteiger partial charge in [-0.05, 0) is 130 Å². The second-order valence-electron chi connectivity index (χ2n) is 25.3. The maximum Gasteiger partial charge on any atom is 0.408 e. The van der Waals surface area contributed by atoms with Gasteiger partial charge in [-0.2, -0.15) is 0 Å². The number of hydrogen-bond donors (Lipinski definition) is 10. The molecule has 3 aliphatic heterocycles. The summed E-state index contributed by atoms with van der Waals surface area (Å²) in [5.74, 6) is 2.26. The van der Waals surface area contributed by atoms with Gasteiger partial charge in [-0.1, -0.05) is 63.8 Å². The van der Waals surface area contributed by atoms with E-state index in [0.29, 0.717) is 70.7 Å². The number of ether oxygens (including phenoxy) is 3. The molecule has 3 fully saturated rings. The minimum Gasteiger partial charge on any atom is -0.472 e. The van der Waals surface area contributed by atoms with Gasteiger partial charge in [-0.3, -0.25) is 28.8 Å². The quantitative estimate of drug-likeness (QED) is 0.0466. The molecule has 0 aromatic rings. The first-order chi connectivity index (χ1) is 39.2. The zero-order valence-electron chi connectivity index (χ0n) is 52.7. The van der Waals surface area contributed by atoms with E-state index in [9.17, 15) is 53.4 Å². The van der Waals surface area contributed by atoms with Crippen LogP contribution >= 0.6 is 0 Å². The van der Waals surface area contributed by atoms with Crippen LogP contribution in [0.25, 0.3) is 0 Å². The second-order valence-corrected chi connectivity index (χ2v) is 25.3. The first-order valence-electron chi connectivity index (χ1n) is 28.8. The Morgan fingerprint density at radius 3 is 1.23 bits per heavy atom. The maximum atomic E-state index is 12.8. The van der Waals surface area contributed by atoms with Gasteiger partial charge in [0, 0.05) is 58.3 Å². The van der Waals surface area contributed by atoms with E-state index in [2.05, 4.69) is 43.6 Å². The molecule has 0 radical (unpaired) electrons. The predicted molar refractivity (Wildman–Crippen MR) is 339 cm³/mol. The molecule has 8 atom stereocenters. The number of carbonyl (C=O) groups excluding carboxylic acids is 9. The number of aliphatic hydroxyl groups excluding tert-OH is 2. The monoisotopic (exact) mass is 1250 g/mol. The summed E-state index contributed by atoms with van der Waals surface area (Å²) in [6, 6.07) is -1.84. The van der Waals surface area contributed by atoms with Crippen molar-refractivity contribution in [3.05, 3.63) is 0 Å². The van der Waals surface area contributed by atoms with Crippen molar-refractivity contribution in [2.24, 2.45) is 35.5 Å².